The van der Waals surface area contributed by atoms with Gasteiger partial charge in [-0.15, -0.1) is 0 Å². The lowest BCUT2D eigenvalue weighted by molar-refractivity contribution is 0.0976. The van der Waals surface area contributed by atoms with Crippen molar-refractivity contribution in [1.29, 1.82) is 0 Å². The van der Waals surface area contributed by atoms with Crippen molar-refractivity contribution in [3.63, 3.8) is 0 Å². The Hall–Kier alpha value is -2.98. The average Bonchev–Trinajstić information content (AvgIpc) is 2.68. The number of hydrogen-bond donors (Lipinski definition) is 2. The summed E-state index contributed by atoms with van der Waals surface area (Å²) in [6.07, 6.45) is 0. The van der Waals surface area contributed by atoms with E-state index in [0.29, 0.717) is 17.2 Å². The third-order valence-electron chi connectivity index (χ3n) is 3.78. The van der Waals surface area contributed by atoms with Crippen molar-refractivity contribution in [1.82, 2.24) is 10.6 Å². The number of rotatable bonds is 4. The van der Waals surface area contributed by atoms with Gasteiger partial charge in [0, 0.05) is 12.1 Å². The Morgan fingerprint density at radius 1 is 0.760 bits per heavy atom. The van der Waals surface area contributed by atoms with Crippen LogP contribution >= 0.6 is 12.2 Å². The smallest absolute Gasteiger partial charge is 0.257 e. The highest BCUT2D eigenvalue weighted by molar-refractivity contribution is 7.80. The molecule has 3 rings (SSSR count). The van der Waals surface area contributed by atoms with Crippen LogP contribution in [-0.4, -0.2) is 11.0 Å². The van der Waals surface area contributed by atoms with E-state index in [4.69, 9.17) is 12.2 Å². The predicted molar refractivity (Wildman–Crippen MR) is 105 cm³/mol. The van der Waals surface area contributed by atoms with Crippen LogP contribution in [-0.2, 0) is 6.54 Å². The Bertz CT molecular complexity index is 846. The molecule has 0 radical (unpaired) electrons. The zero-order valence-electron chi connectivity index (χ0n) is 13.6. The zero-order valence-corrected chi connectivity index (χ0v) is 14.4. The lowest BCUT2D eigenvalue weighted by Crippen LogP contribution is -2.38. The molecule has 0 atom stereocenters. The second-order valence-electron chi connectivity index (χ2n) is 5.57. The van der Waals surface area contributed by atoms with Crippen LogP contribution in [0.3, 0.4) is 0 Å². The Morgan fingerprint density at radius 3 is 1.96 bits per heavy atom. The van der Waals surface area contributed by atoms with Crippen LogP contribution in [0.5, 0.6) is 0 Å². The second-order valence-corrected chi connectivity index (χ2v) is 5.97. The maximum absolute atomic E-state index is 12.0. The molecule has 0 aliphatic heterocycles. The Morgan fingerprint density at radius 2 is 1.32 bits per heavy atom. The molecular weight excluding hydrogens is 328 g/mol. The highest BCUT2D eigenvalue weighted by Gasteiger charge is 2.06. The molecule has 0 heterocycles. The molecule has 3 aromatic carbocycles. The van der Waals surface area contributed by atoms with Gasteiger partial charge in [0.1, 0.15) is 0 Å². The minimum Gasteiger partial charge on any atom is -0.358 e. The number of hydrogen-bond acceptors (Lipinski definition) is 2. The fourth-order valence-electron chi connectivity index (χ4n) is 2.44. The number of amides is 1. The quantitative estimate of drug-likeness (QED) is 0.697. The molecule has 1 amide bonds. The van der Waals surface area contributed by atoms with Gasteiger partial charge in [0.05, 0.1) is 0 Å². The SMILES string of the molecule is O=C(NC(=S)NCc1ccc(-c2ccccc2)cc1)c1ccccc1. The van der Waals surface area contributed by atoms with E-state index in [1.165, 1.54) is 11.1 Å². The van der Waals surface area contributed by atoms with Gasteiger partial charge >= 0.3 is 0 Å². The van der Waals surface area contributed by atoms with Gasteiger partial charge in [-0.1, -0.05) is 72.8 Å². The van der Waals surface area contributed by atoms with Crippen LogP contribution < -0.4 is 10.6 Å². The van der Waals surface area contributed by atoms with E-state index in [1.54, 1.807) is 12.1 Å². The van der Waals surface area contributed by atoms with Gasteiger partial charge in [-0.2, -0.15) is 0 Å². The van der Waals surface area contributed by atoms with E-state index in [9.17, 15) is 4.79 Å². The van der Waals surface area contributed by atoms with E-state index >= 15 is 0 Å². The molecule has 0 aliphatic rings. The molecule has 0 unspecified atom stereocenters. The Balaban J connectivity index is 1.53. The third kappa shape index (κ3) is 4.75. The van der Waals surface area contributed by atoms with Gasteiger partial charge in [0.2, 0.25) is 0 Å². The maximum Gasteiger partial charge on any atom is 0.257 e. The predicted octanol–water partition coefficient (Wildman–Crippen LogP) is 4.16. The standard InChI is InChI=1S/C21H18N2OS/c24-20(19-9-5-2-6-10-19)23-21(25)22-15-16-11-13-18(14-12-16)17-7-3-1-4-8-17/h1-14H,15H2,(H2,22,23,24,25). The van der Waals surface area contributed by atoms with Gasteiger partial charge in [-0.05, 0) is 41.0 Å². The summed E-state index contributed by atoms with van der Waals surface area (Å²) in [6.45, 7) is 0.559. The number of carbonyl (C=O) groups is 1. The lowest BCUT2D eigenvalue weighted by Gasteiger charge is -2.10. The number of benzene rings is 3. The molecule has 3 nitrogen and oxygen atoms in total. The van der Waals surface area contributed by atoms with E-state index in [-0.39, 0.29) is 5.91 Å². The summed E-state index contributed by atoms with van der Waals surface area (Å²) in [6, 6.07) is 27.5. The van der Waals surface area contributed by atoms with Gasteiger partial charge in [-0.3, -0.25) is 10.1 Å². The molecule has 0 bridgehead atoms. The van der Waals surface area contributed by atoms with Crippen LogP contribution in [0.25, 0.3) is 11.1 Å². The first-order valence-corrected chi connectivity index (χ1v) is 8.42. The first-order valence-electron chi connectivity index (χ1n) is 8.01. The molecule has 3 aromatic rings. The second kappa shape index (κ2) is 8.22. The molecule has 0 saturated heterocycles. The zero-order chi connectivity index (χ0) is 17.5. The molecular formula is C21H18N2OS. The molecule has 0 saturated carbocycles. The van der Waals surface area contributed by atoms with Crippen LogP contribution in [0.1, 0.15) is 15.9 Å². The largest absolute Gasteiger partial charge is 0.358 e. The Kier molecular flexibility index (Phi) is 5.54. The molecule has 124 valence electrons. The number of thiocarbonyl (C=S) groups is 1. The van der Waals surface area contributed by atoms with E-state index < -0.39 is 0 Å². The van der Waals surface area contributed by atoms with Crippen LogP contribution in [0.2, 0.25) is 0 Å². The summed E-state index contributed by atoms with van der Waals surface area (Å²) < 4.78 is 0. The lowest BCUT2D eigenvalue weighted by atomic mass is 10.0. The highest BCUT2D eigenvalue weighted by Crippen LogP contribution is 2.19. The van der Waals surface area contributed by atoms with Crippen LogP contribution in [0.15, 0.2) is 84.9 Å². The monoisotopic (exact) mass is 346 g/mol. The van der Waals surface area contributed by atoms with Crippen molar-refractivity contribution in [2.45, 2.75) is 6.54 Å². The summed E-state index contributed by atoms with van der Waals surface area (Å²) in [4.78, 5) is 12.0. The Labute approximate surface area is 152 Å². The summed E-state index contributed by atoms with van der Waals surface area (Å²) in [7, 11) is 0. The highest BCUT2D eigenvalue weighted by atomic mass is 32.1. The maximum atomic E-state index is 12.0. The third-order valence-corrected chi connectivity index (χ3v) is 4.02. The van der Waals surface area contributed by atoms with Gasteiger partial charge in [0.15, 0.2) is 5.11 Å². The van der Waals surface area contributed by atoms with E-state index in [2.05, 4.69) is 47.0 Å². The van der Waals surface area contributed by atoms with Crippen molar-refractivity contribution in [3.8, 4) is 11.1 Å². The van der Waals surface area contributed by atoms with Crippen molar-refractivity contribution in [3.05, 3.63) is 96.1 Å². The first kappa shape index (κ1) is 16.9. The van der Waals surface area contributed by atoms with Crippen molar-refractivity contribution >= 4 is 23.2 Å². The van der Waals surface area contributed by atoms with Crippen LogP contribution in [0.4, 0.5) is 0 Å². The molecule has 0 aliphatic carbocycles. The number of carbonyl (C=O) groups excluding carboxylic acids is 1. The molecule has 2 N–H and O–H groups in total. The minimum absolute atomic E-state index is 0.211. The van der Waals surface area contributed by atoms with E-state index in [0.717, 1.165) is 5.56 Å². The topological polar surface area (TPSA) is 41.1 Å². The summed E-state index contributed by atoms with van der Waals surface area (Å²) >= 11 is 5.19. The first-order chi connectivity index (χ1) is 12.2. The van der Waals surface area contributed by atoms with Crippen molar-refractivity contribution in [2.24, 2.45) is 0 Å². The molecule has 0 spiro atoms. The molecule has 0 aromatic heterocycles. The number of nitrogens with one attached hydrogen (secondary N) is 2. The van der Waals surface area contributed by atoms with Crippen molar-refractivity contribution in [2.75, 3.05) is 0 Å². The van der Waals surface area contributed by atoms with Gasteiger partial charge in [0.25, 0.3) is 5.91 Å². The van der Waals surface area contributed by atoms with E-state index in [1.807, 2.05) is 36.4 Å². The van der Waals surface area contributed by atoms with Gasteiger partial charge in [-0.25, -0.2) is 0 Å². The molecule has 0 fully saturated rings. The summed E-state index contributed by atoms with van der Waals surface area (Å²) in [5, 5.41) is 6.06. The summed E-state index contributed by atoms with van der Waals surface area (Å²) in [5.74, 6) is -0.211. The minimum atomic E-state index is -0.211. The van der Waals surface area contributed by atoms with Gasteiger partial charge < -0.3 is 5.32 Å². The fraction of sp³-hybridized carbons (Fsp3) is 0.0476. The molecule has 25 heavy (non-hydrogen) atoms. The normalized spacial score (nSPS) is 10.1. The van der Waals surface area contributed by atoms with Crippen LogP contribution in [0, 0.1) is 0 Å². The fourth-order valence-corrected chi connectivity index (χ4v) is 2.60. The van der Waals surface area contributed by atoms with Crippen molar-refractivity contribution < 1.29 is 4.79 Å². The summed E-state index contributed by atoms with van der Waals surface area (Å²) in [5.41, 5.74) is 4.03. The molecule has 4 heteroatoms. The average molecular weight is 346 g/mol.